The molecule has 4 aromatic rings. The number of methoxy groups -OCH3 is 1. The van der Waals surface area contributed by atoms with Crippen LogP contribution in [0.5, 0.6) is 5.75 Å². The lowest BCUT2D eigenvalue weighted by Crippen LogP contribution is -2.35. The van der Waals surface area contributed by atoms with Crippen molar-refractivity contribution in [2.45, 2.75) is 24.2 Å². The fourth-order valence-electron chi connectivity index (χ4n) is 4.30. The Kier molecular flexibility index (Phi) is 5.97. The smallest absolute Gasteiger partial charge is 0.255 e. The lowest BCUT2D eigenvalue weighted by Gasteiger charge is -2.26. The topological polar surface area (TPSA) is 88.8 Å². The summed E-state index contributed by atoms with van der Waals surface area (Å²) in [6, 6.07) is 15.4. The number of piperidine rings is 1. The molecule has 0 spiro atoms. The van der Waals surface area contributed by atoms with Gasteiger partial charge in [0.2, 0.25) is 10.0 Å². The molecule has 1 saturated heterocycles. The second-order valence-electron chi connectivity index (χ2n) is 8.21. The van der Waals surface area contributed by atoms with E-state index in [0.717, 1.165) is 35.6 Å². The van der Waals surface area contributed by atoms with Gasteiger partial charge in [-0.3, -0.25) is 4.79 Å². The van der Waals surface area contributed by atoms with Gasteiger partial charge >= 0.3 is 0 Å². The van der Waals surface area contributed by atoms with Crippen LogP contribution in [0.1, 0.15) is 29.6 Å². The fourth-order valence-corrected chi connectivity index (χ4v) is 6.32. The third-order valence-electron chi connectivity index (χ3n) is 6.07. The number of para-hydroxylation sites is 1. The van der Waals surface area contributed by atoms with Gasteiger partial charge in [0.15, 0.2) is 0 Å². The minimum Gasteiger partial charge on any atom is -0.495 e. The number of fused-ring (bicyclic) bond motifs is 3. The molecule has 1 fully saturated rings. The SMILES string of the molecule is COc1cc2c(cc1NC(=O)c1ccc(Cl)c(S(=O)(=O)N3CCCCC3)c1)oc1ccccc12. The standard InChI is InChI=1S/C25H23ClN2O5S/c1-32-23-14-18-17-7-3-4-8-21(17)33-22(18)15-20(23)27-25(29)16-9-10-19(26)24(13-16)34(30,31)28-11-5-2-6-12-28/h3-4,7-10,13-15H,2,5-6,11-12H2,1H3,(H,27,29). The largest absolute Gasteiger partial charge is 0.495 e. The Bertz CT molecular complexity index is 1510. The molecule has 0 atom stereocenters. The summed E-state index contributed by atoms with van der Waals surface area (Å²) in [7, 11) is -2.28. The van der Waals surface area contributed by atoms with Crippen LogP contribution in [-0.2, 0) is 10.0 Å². The molecule has 34 heavy (non-hydrogen) atoms. The highest BCUT2D eigenvalue weighted by Crippen LogP contribution is 2.37. The number of benzene rings is 3. The van der Waals surface area contributed by atoms with E-state index in [1.807, 2.05) is 30.3 Å². The highest BCUT2D eigenvalue weighted by atomic mass is 35.5. The van der Waals surface area contributed by atoms with E-state index in [9.17, 15) is 13.2 Å². The number of anilines is 1. The molecule has 0 radical (unpaired) electrons. The average Bonchev–Trinajstić information content (AvgIpc) is 3.21. The first-order valence-electron chi connectivity index (χ1n) is 11.0. The number of halogens is 1. The summed E-state index contributed by atoms with van der Waals surface area (Å²) in [4.78, 5) is 13.0. The molecule has 0 bridgehead atoms. The summed E-state index contributed by atoms with van der Waals surface area (Å²) in [6.07, 6.45) is 2.61. The summed E-state index contributed by atoms with van der Waals surface area (Å²) in [5.41, 5.74) is 1.91. The number of hydrogen-bond donors (Lipinski definition) is 1. The Morgan fingerprint density at radius 1 is 1.00 bits per heavy atom. The quantitative estimate of drug-likeness (QED) is 0.382. The van der Waals surface area contributed by atoms with E-state index in [1.54, 1.807) is 6.07 Å². The van der Waals surface area contributed by atoms with Crippen molar-refractivity contribution < 1.29 is 22.4 Å². The van der Waals surface area contributed by atoms with Crippen LogP contribution >= 0.6 is 11.6 Å². The van der Waals surface area contributed by atoms with Gasteiger partial charge < -0.3 is 14.5 Å². The summed E-state index contributed by atoms with van der Waals surface area (Å²) in [6.45, 7) is 0.896. The molecule has 176 valence electrons. The number of nitrogens with zero attached hydrogens (tertiary/aromatic N) is 1. The molecule has 0 saturated carbocycles. The molecule has 1 amide bonds. The first-order valence-corrected chi connectivity index (χ1v) is 12.8. The molecule has 7 nitrogen and oxygen atoms in total. The van der Waals surface area contributed by atoms with E-state index in [1.165, 1.54) is 29.6 Å². The van der Waals surface area contributed by atoms with Crippen molar-refractivity contribution in [2.75, 3.05) is 25.5 Å². The summed E-state index contributed by atoms with van der Waals surface area (Å²) >= 11 is 6.25. The van der Waals surface area contributed by atoms with Gasteiger partial charge in [0.25, 0.3) is 5.91 Å². The molecule has 0 aliphatic carbocycles. The Hall–Kier alpha value is -3.07. The van der Waals surface area contributed by atoms with Gasteiger partial charge in [-0.1, -0.05) is 36.2 Å². The first-order chi connectivity index (χ1) is 16.4. The predicted molar refractivity (Wildman–Crippen MR) is 132 cm³/mol. The van der Waals surface area contributed by atoms with E-state index < -0.39 is 15.9 Å². The molecule has 1 aliphatic heterocycles. The number of hydrogen-bond acceptors (Lipinski definition) is 5. The first kappa shape index (κ1) is 22.7. The highest BCUT2D eigenvalue weighted by molar-refractivity contribution is 7.89. The second kappa shape index (κ2) is 8.94. The van der Waals surface area contributed by atoms with Crippen LogP contribution in [0.25, 0.3) is 21.9 Å². The van der Waals surface area contributed by atoms with E-state index in [2.05, 4.69) is 5.32 Å². The van der Waals surface area contributed by atoms with Crippen LogP contribution in [0.4, 0.5) is 5.69 Å². The summed E-state index contributed by atoms with van der Waals surface area (Å²) in [5.74, 6) is -0.0250. The van der Waals surface area contributed by atoms with Crippen molar-refractivity contribution in [3.63, 3.8) is 0 Å². The van der Waals surface area contributed by atoms with Crippen molar-refractivity contribution in [2.24, 2.45) is 0 Å². The fraction of sp³-hybridized carbons (Fsp3) is 0.240. The molecule has 1 aliphatic rings. The predicted octanol–water partition coefficient (Wildman–Crippen LogP) is 5.67. The van der Waals surface area contributed by atoms with Crippen molar-refractivity contribution in [3.8, 4) is 5.75 Å². The third kappa shape index (κ3) is 4.02. The molecule has 5 rings (SSSR count). The van der Waals surface area contributed by atoms with Crippen LogP contribution in [0.3, 0.4) is 0 Å². The van der Waals surface area contributed by atoms with E-state index in [0.29, 0.717) is 30.1 Å². The zero-order valence-electron chi connectivity index (χ0n) is 18.5. The third-order valence-corrected chi connectivity index (χ3v) is 8.45. The van der Waals surface area contributed by atoms with Crippen molar-refractivity contribution in [1.82, 2.24) is 4.31 Å². The monoisotopic (exact) mass is 498 g/mol. The second-order valence-corrected chi connectivity index (χ2v) is 10.5. The lowest BCUT2D eigenvalue weighted by molar-refractivity contribution is 0.102. The summed E-state index contributed by atoms with van der Waals surface area (Å²) in [5, 5.41) is 4.71. The molecular formula is C25H23ClN2O5S. The Labute approximate surface area is 202 Å². The number of amides is 1. The number of carbonyl (C=O) groups excluding carboxylic acids is 1. The van der Waals surface area contributed by atoms with Gasteiger partial charge in [0.1, 0.15) is 21.8 Å². The van der Waals surface area contributed by atoms with Crippen LogP contribution < -0.4 is 10.1 Å². The molecule has 1 N–H and O–H groups in total. The maximum atomic E-state index is 13.2. The molecular weight excluding hydrogens is 476 g/mol. The Morgan fingerprint density at radius 3 is 2.53 bits per heavy atom. The van der Waals surface area contributed by atoms with Crippen LogP contribution in [0, 0.1) is 0 Å². The van der Waals surface area contributed by atoms with Crippen LogP contribution in [0.15, 0.2) is 63.9 Å². The summed E-state index contributed by atoms with van der Waals surface area (Å²) < 4.78 is 39.2. The van der Waals surface area contributed by atoms with Gasteiger partial charge in [-0.15, -0.1) is 0 Å². The number of furan rings is 1. The lowest BCUT2D eigenvalue weighted by atomic mass is 10.1. The van der Waals surface area contributed by atoms with Crippen LogP contribution in [-0.4, -0.2) is 38.8 Å². The van der Waals surface area contributed by atoms with Gasteiger partial charge in [-0.25, -0.2) is 8.42 Å². The molecule has 0 unspecified atom stereocenters. The minimum atomic E-state index is -3.80. The number of sulfonamides is 1. The van der Waals surface area contributed by atoms with Crippen LogP contribution in [0.2, 0.25) is 5.02 Å². The molecule has 3 aromatic carbocycles. The zero-order valence-corrected chi connectivity index (χ0v) is 20.1. The minimum absolute atomic E-state index is 0.0663. The Balaban J connectivity index is 1.48. The molecule has 2 heterocycles. The van der Waals surface area contributed by atoms with Gasteiger partial charge in [0.05, 0.1) is 17.8 Å². The van der Waals surface area contributed by atoms with E-state index in [4.69, 9.17) is 20.8 Å². The highest BCUT2D eigenvalue weighted by Gasteiger charge is 2.29. The molecule has 9 heteroatoms. The number of carbonyl (C=O) groups is 1. The number of ether oxygens (including phenoxy) is 1. The van der Waals surface area contributed by atoms with Gasteiger partial charge in [0, 0.05) is 35.5 Å². The normalized spacial score (nSPS) is 15.0. The number of nitrogens with one attached hydrogen (secondary N) is 1. The molecule has 1 aromatic heterocycles. The number of rotatable bonds is 5. The zero-order chi connectivity index (χ0) is 23.9. The van der Waals surface area contributed by atoms with Crippen molar-refractivity contribution in [1.29, 1.82) is 0 Å². The maximum absolute atomic E-state index is 13.2. The average molecular weight is 499 g/mol. The maximum Gasteiger partial charge on any atom is 0.255 e. The van der Waals surface area contributed by atoms with Crippen molar-refractivity contribution in [3.05, 3.63) is 65.2 Å². The van der Waals surface area contributed by atoms with E-state index >= 15 is 0 Å². The van der Waals surface area contributed by atoms with E-state index in [-0.39, 0.29) is 15.5 Å². The van der Waals surface area contributed by atoms with Crippen molar-refractivity contribution >= 4 is 55.2 Å². The van der Waals surface area contributed by atoms with Gasteiger partial charge in [-0.05, 0) is 43.2 Å². The van der Waals surface area contributed by atoms with Gasteiger partial charge in [-0.2, -0.15) is 4.31 Å². The Morgan fingerprint density at radius 2 is 1.76 bits per heavy atom.